The van der Waals surface area contributed by atoms with Crippen molar-refractivity contribution in [1.82, 2.24) is 10.3 Å². The van der Waals surface area contributed by atoms with Crippen LogP contribution in [0, 0.1) is 0 Å². The molecule has 1 saturated heterocycles. The van der Waals surface area contributed by atoms with E-state index >= 15 is 0 Å². The molecule has 1 fully saturated rings. The van der Waals surface area contributed by atoms with Crippen LogP contribution < -0.4 is 10.6 Å². The van der Waals surface area contributed by atoms with Gasteiger partial charge < -0.3 is 20.5 Å². The average molecular weight is 265 g/mol. The molecule has 0 radical (unpaired) electrons. The molecule has 2 amide bonds. The summed E-state index contributed by atoms with van der Waals surface area (Å²) in [6.07, 6.45) is 3.35. The minimum Gasteiger partial charge on any atom is -0.478 e. The predicted octanol–water partition coefficient (Wildman–Crippen LogP) is 1.08. The first-order valence-electron chi connectivity index (χ1n) is 5.84. The number of hydrogen-bond acceptors (Lipinski definition) is 4. The summed E-state index contributed by atoms with van der Waals surface area (Å²) in [7, 11) is 0. The summed E-state index contributed by atoms with van der Waals surface area (Å²) in [6, 6.07) is 0.944. The zero-order valence-electron chi connectivity index (χ0n) is 10.5. The molecule has 2 heterocycles. The number of amides is 2. The van der Waals surface area contributed by atoms with E-state index in [1.165, 1.54) is 18.5 Å². The number of nitrogens with one attached hydrogen (secondary N) is 2. The van der Waals surface area contributed by atoms with Crippen molar-refractivity contribution in [3.05, 3.63) is 24.0 Å². The maximum Gasteiger partial charge on any atom is 0.337 e. The number of ether oxygens (including phenoxy) is 1. The van der Waals surface area contributed by atoms with E-state index in [9.17, 15) is 9.59 Å². The van der Waals surface area contributed by atoms with Crippen molar-refractivity contribution in [2.75, 3.05) is 18.5 Å². The Morgan fingerprint density at radius 2 is 2.26 bits per heavy atom. The van der Waals surface area contributed by atoms with Crippen LogP contribution >= 0.6 is 0 Å². The maximum absolute atomic E-state index is 11.8. The lowest BCUT2D eigenvalue weighted by Crippen LogP contribution is -2.48. The van der Waals surface area contributed by atoms with Crippen LogP contribution in [0.15, 0.2) is 18.5 Å². The van der Waals surface area contributed by atoms with Crippen molar-refractivity contribution in [2.24, 2.45) is 0 Å². The van der Waals surface area contributed by atoms with Crippen molar-refractivity contribution >= 4 is 17.7 Å². The Hall–Kier alpha value is -2.15. The lowest BCUT2D eigenvalue weighted by atomic mass is 10.0. The van der Waals surface area contributed by atoms with Crippen molar-refractivity contribution in [2.45, 2.75) is 18.9 Å². The van der Waals surface area contributed by atoms with Crippen LogP contribution in [0.3, 0.4) is 0 Å². The number of aromatic nitrogens is 1. The number of urea groups is 1. The highest BCUT2D eigenvalue weighted by Crippen LogP contribution is 2.17. The Morgan fingerprint density at radius 3 is 2.89 bits per heavy atom. The topological polar surface area (TPSA) is 101 Å². The largest absolute Gasteiger partial charge is 0.478 e. The molecular formula is C12H15N3O4. The van der Waals surface area contributed by atoms with Crippen molar-refractivity contribution in [3.63, 3.8) is 0 Å². The third-order valence-electron chi connectivity index (χ3n) is 2.88. The fourth-order valence-corrected chi connectivity index (χ4v) is 1.83. The van der Waals surface area contributed by atoms with Gasteiger partial charge in [0.15, 0.2) is 0 Å². The van der Waals surface area contributed by atoms with Gasteiger partial charge in [0.05, 0.1) is 29.6 Å². The molecule has 1 aliphatic rings. The Bertz CT molecular complexity index is 498. The number of nitrogens with zero attached hydrogens (tertiary/aromatic N) is 1. The second kappa shape index (κ2) is 5.23. The predicted molar refractivity (Wildman–Crippen MR) is 67.2 cm³/mol. The number of anilines is 1. The van der Waals surface area contributed by atoms with Crippen LogP contribution in [0.4, 0.5) is 10.5 Å². The monoisotopic (exact) mass is 265 g/mol. The molecule has 1 aromatic rings. The number of carboxylic acid groups (broad SMARTS) is 1. The number of pyridine rings is 1. The Kier molecular flexibility index (Phi) is 3.66. The second-order valence-corrected chi connectivity index (χ2v) is 4.71. The second-order valence-electron chi connectivity index (χ2n) is 4.71. The van der Waals surface area contributed by atoms with E-state index in [1.807, 2.05) is 6.92 Å². The van der Waals surface area contributed by atoms with Gasteiger partial charge in [0.2, 0.25) is 0 Å². The number of hydrogen-bond donors (Lipinski definition) is 3. The van der Waals surface area contributed by atoms with Crippen LogP contribution in [0.5, 0.6) is 0 Å². The lowest BCUT2D eigenvalue weighted by Gasteiger charge is -2.23. The minimum absolute atomic E-state index is 0.0215. The van der Waals surface area contributed by atoms with Gasteiger partial charge in [0.1, 0.15) is 0 Å². The molecule has 1 unspecified atom stereocenters. The highest BCUT2D eigenvalue weighted by Gasteiger charge is 2.31. The molecule has 0 saturated carbocycles. The van der Waals surface area contributed by atoms with E-state index in [0.29, 0.717) is 18.9 Å². The fraction of sp³-hybridized carbons (Fsp3) is 0.417. The van der Waals surface area contributed by atoms with E-state index in [0.717, 1.165) is 6.42 Å². The van der Waals surface area contributed by atoms with Gasteiger partial charge in [-0.05, 0) is 19.4 Å². The smallest absolute Gasteiger partial charge is 0.337 e. The highest BCUT2D eigenvalue weighted by atomic mass is 16.5. The molecule has 1 atom stereocenters. The average Bonchev–Trinajstić information content (AvgIpc) is 2.75. The van der Waals surface area contributed by atoms with Gasteiger partial charge in [-0.3, -0.25) is 4.98 Å². The third kappa shape index (κ3) is 3.41. The van der Waals surface area contributed by atoms with Crippen molar-refractivity contribution in [3.8, 4) is 0 Å². The Labute approximate surface area is 110 Å². The molecule has 1 aliphatic heterocycles. The molecule has 7 heteroatoms. The molecular weight excluding hydrogens is 250 g/mol. The van der Waals surface area contributed by atoms with Crippen LogP contribution in [-0.4, -0.2) is 40.8 Å². The van der Waals surface area contributed by atoms with Crippen LogP contribution in [0.2, 0.25) is 0 Å². The zero-order valence-corrected chi connectivity index (χ0v) is 10.5. The maximum atomic E-state index is 11.8. The summed E-state index contributed by atoms with van der Waals surface area (Å²) >= 11 is 0. The molecule has 3 N–H and O–H groups in total. The standard InChI is InChI=1S/C12H15N3O4/c1-12(2-3-19-7-12)15-11(18)14-9-4-8(10(16)17)5-13-6-9/h4-6H,2-3,7H2,1H3,(H,16,17)(H2,14,15,18). The number of carboxylic acids is 1. The van der Waals surface area contributed by atoms with Crippen LogP contribution in [-0.2, 0) is 4.74 Å². The summed E-state index contributed by atoms with van der Waals surface area (Å²) in [5.41, 5.74) is -0.0322. The number of rotatable bonds is 3. The molecule has 102 valence electrons. The van der Waals surface area contributed by atoms with E-state index in [1.54, 1.807) is 0 Å². The quantitative estimate of drug-likeness (QED) is 0.759. The van der Waals surface area contributed by atoms with Gasteiger partial charge in [-0.2, -0.15) is 0 Å². The summed E-state index contributed by atoms with van der Waals surface area (Å²) in [4.78, 5) is 26.3. The fourth-order valence-electron chi connectivity index (χ4n) is 1.83. The van der Waals surface area contributed by atoms with Crippen molar-refractivity contribution in [1.29, 1.82) is 0 Å². The van der Waals surface area contributed by atoms with Crippen molar-refractivity contribution < 1.29 is 19.4 Å². The summed E-state index contributed by atoms with van der Waals surface area (Å²) in [5.74, 6) is -1.09. The van der Waals surface area contributed by atoms with Gasteiger partial charge in [-0.25, -0.2) is 9.59 Å². The Morgan fingerprint density at radius 1 is 1.47 bits per heavy atom. The van der Waals surface area contributed by atoms with Gasteiger partial charge in [-0.15, -0.1) is 0 Å². The molecule has 2 rings (SSSR count). The molecule has 1 aromatic heterocycles. The minimum atomic E-state index is -1.09. The molecule has 19 heavy (non-hydrogen) atoms. The molecule has 0 aliphatic carbocycles. The molecule has 7 nitrogen and oxygen atoms in total. The number of carbonyl (C=O) groups excluding carboxylic acids is 1. The molecule has 0 bridgehead atoms. The van der Waals surface area contributed by atoms with E-state index in [4.69, 9.17) is 9.84 Å². The number of carbonyl (C=O) groups is 2. The van der Waals surface area contributed by atoms with Gasteiger partial charge in [0.25, 0.3) is 0 Å². The van der Waals surface area contributed by atoms with Crippen LogP contribution in [0.25, 0.3) is 0 Å². The first-order chi connectivity index (χ1) is 8.98. The normalized spacial score (nSPS) is 21.9. The van der Waals surface area contributed by atoms with Gasteiger partial charge >= 0.3 is 12.0 Å². The molecule has 0 spiro atoms. The summed E-state index contributed by atoms with van der Waals surface area (Å²) in [6.45, 7) is 2.98. The number of aromatic carboxylic acids is 1. The van der Waals surface area contributed by atoms with Gasteiger partial charge in [-0.1, -0.05) is 0 Å². The summed E-state index contributed by atoms with van der Waals surface area (Å²) < 4.78 is 5.23. The lowest BCUT2D eigenvalue weighted by molar-refractivity contribution is 0.0696. The molecule has 0 aromatic carbocycles. The Balaban J connectivity index is 1.98. The first-order valence-corrected chi connectivity index (χ1v) is 5.84. The van der Waals surface area contributed by atoms with Gasteiger partial charge in [0, 0.05) is 12.8 Å². The SMILES string of the molecule is CC1(NC(=O)Nc2cncc(C(=O)O)c2)CCOC1. The first kappa shape index (κ1) is 13.3. The van der Waals surface area contributed by atoms with E-state index in [2.05, 4.69) is 15.6 Å². The van der Waals surface area contributed by atoms with Crippen LogP contribution in [0.1, 0.15) is 23.7 Å². The van der Waals surface area contributed by atoms with E-state index < -0.39 is 12.0 Å². The third-order valence-corrected chi connectivity index (χ3v) is 2.88. The summed E-state index contributed by atoms with van der Waals surface area (Å²) in [5, 5.41) is 14.2. The zero-order chi connectivity index (χ0) is 13.9. The highest BCUT2D eigenvalue weighted by molar-refractivity contribution is 5.92. The van der Waals surface area contributed by atoms with E-state index in [-0.39, 0.29) is 11.1 Å².